The van der Waals surface area contributed by atoms with Gasteiger partial charge in [0.2, 0.25) is 0 Å². The maximum absolute atomic E-state index is 5.55. The fraction of sp³-hybridized carbons (Fsp3) is 0.364. The first kappa shape index (κ1) is 16.8. The number of hydrogen-bond donors (Lipinski definition) is 1. The van der Waals surface area contributed by atoms with Crippen molar-refractivity contribution in [1.82, 2.24) is 4.98 Å². The molecule has 0 aliphatic heterocycles. The molecule has 0 spiro atoms. The van der Waals surface area contributed by atoms with Gasteiger partial charge in [-0.2, -0.15) is 0 Å². The monoisotopic (exact) mass is 351 g/mol. The number of methoxy groups -OCH3 is 3. The number of aromatic amines is 1. The van der Waals surface area contributed by atoms with E-state index < -0.39 is 0 Å². The van der Waals surface area contributed by atoms with Crippen LogP contribution < -0.4 is 14.2 Å². The number of nitrogens with one attached hydrogen (secondary N) is 1. The summed E-state index contributed by atoms with van der Waals surface area (Å²) in [6.07, 6.45) is 4.53. The van der Waals surface area contributed by atoms with Crippen LogP contribution in [0, 0.1) is 0 Å². The molecule has 1 heterocycles. The van der Waals surface area contributed by atoms with Crippen LogP contribution >= 0.6 is 0 Å². The molecule has 136 valence electrons. The van der Waals surface area contributed by atoms with Gasteiger partial charge in [-0.25, -0.2) is 0 Å². The van der Waals surface area contributed by atoms with Gasteiger partial charge < -0.3 is 19.2 Å². The van der Waals surface area contributed by atoms with Crippen LogP contribution in [0.5, 0.6) is 17.2 Å². The van der Waals surface area contributed by atoms with E-state index in [2.05, 4.69) is 29.2 Å². The lowest BCUT2D eigenvalue weighted by atomic mass is 9.83. The first-order valence-corrected chi connectivity index (χ1v) is 9.13. The normalized spacial score (nSPS) is 16.3. The van der Waals surface area contributed by atoms with Crippen molar-refractivity contribution in [3.63, 3.8) is 0 Å². The summed E-state index contributed by atoms with van der Waals surface area (Å²) in [6.45, 7) is 0. The zero-order valence-corrected chi connectivity index (χ0v) is 15.6. The summed E-state index contributed by atoms with van der Waals surface area (Å²) in [5, 5.41) is 1.30. The molecule has 0 saturated carbocycles. The summed E-state index contributed by atoms with van der Waals surface area (Å²) < 4.78 is 16.4. The highest BCUT2D eigenvalue weighted by molar-refractivity contribution is 5.90. The van der Waals surface area contributed by atoms with Crippen molar-refractivity contribution in [2.45, 2.75) is 31.6 Å². The summed E-state index contributed by atoms with van der Waals surface area (Å²) in [5.74, 6) is 2.96. The van der Waals surface area contributed by atoms with Crippen molar-refractivity contribution in [2.75, 3.05) is 21.3 Å². The van der Waals surface area contributed by atoms with Gasteiger partial charge in [-0.05, 0) is 55.0 Å². The largest absolute Gasteiger partial charge is 0.495 e. The van der Waals surface area contributed by atoms with Gasteiger partial charge in [0, 0.05) is 17.0 Å². The zero-order chi connectivity index (χ0) is 18.1. The molecule has 4 rings (SSSR count). The number of rotatable bonds is 5. The molecule has 0 amide bonds. The fourth-order valence-corrected chi connectivity index (χ4v) is 4.22. The molecule has 2 aromatic carbocycles. The molecular weight excluding hydrogens is 326 g/mol. The van der Waals surface area contributed by atoms with Gasteiger partial charge >= 0.3 is 0 Å². The number of fused-ring (bicyclic) bond motifs is 3. The first-order chi connectivity index (χ1) is 12.7. The Morgan fingerprint density at radius 2 is 1.77 bits per heavy atom. The second-order valence-corrected chi connectivity index (χ2v) is 6.88. The molecule has 1 aromatic heterocycles. The Hall–Kier alpha value is -2.62. The molecule has 0 saturated heterocycles. The van der Waals surface area contributed by atoms with Gasteiger partial charge in [0.05, 0.1) is 26.8 Å². The predicted molar refractivity (Wildman–Crippen MR) is 104 cm³/mol. The molecule has 4 heteroatoms. The minimum Gasteiger partial charge on any atom is -0.495 e. The van der Waals surface area contributed by atoms with Gasteiger partial charge in [-0.1, -0.05) is 18.2 Å². The van der Waals surface area contributed by atoms with Crippen LogP contribution in [0.15, 0.2) is 36.4 Å². The summed E-state index contributed by atoms with van der Waals surface area (Å²) in [7, 11) is 5.09. The van der Waals surface area contributed by atoms with Crippen molar-refractivity contribution in [2.24, 2.45) is 0 Å². The van der Waals surface area contributed by atoms with Crippen LogP contribution in [0.4, 0.5) is 0 Å². The van der Waals surface area contributed by atoms with E-state index in [1.165, 1.54) is 35.0 Å². The van der Waals surface area contributed by atoms with E-state index in [-0.39, 0.29) is 0 Å². The van der Waals surface area contributed by atoms with Crippen LogP contribution in [0.1, 0.15) is 35.6 Å². The smallest absolute Gasteiger partial charge is 0.160 e. The standard InChI is InChI=1S/C22H25NO3/c1-24-18-11-10-14(13-20(18)26-3)12-15-6-4-7-16-17-8-5-9-19(25-2)22(17)23-21(15)16/h5,8-11,13,15,23H,4,6-7,12H2,1-3H3. The lowest BCUT2D eigenvalue weighted by Gasteiger charge is -2.23. The van der Waals surface area contributed by atoms with Crippen molar-refractivity contribution in [1.29, 1.82) is 0 Å². The Kier molecular flexibility index (Phi) is 4.49. The average molecular weight is 351 g/mol. The third-order valence-corrected chi connectivity index (χ3v) is 5.47. The second kappa shape index (κ2) is 6.94. The van der Waals surface area contributed by atoms with Crippen LogP contribution in [0.2, 0.25) is 0 Å². The van der Waals surface area contributed by atoms with E-state index in [0.717, 1.165) is 35.6 Å². The van der Waals surface area contributed by atoms with Crippen LogP contribution in [-0.2, 0) is 12.8 Å². The maximum atomic E-state index is 5.55. The number of ether oxygens (including phenoxy) is 3. The molecule has 1 aliphatic rings. The average Bonchev–Trinajstić information content (AvgIpc) is 3.08. The van der Waals surface area contributed by atoms with E-state index >= 15 is 0 Å². The molecule has 4 nitrogen and oxygen atoms in total. The van der Waals surface area contributed by atoms with E-state index in [1.54, 1.807) is 21.3 Å². The Morgan fingerprint density at radius 3 is 2.54 bits per heavy atom. The number of H-pyrrole nitrogens is 1. The number of hydrogen-bond acceptors (Lipinski definition) is 3. The lowest BCUT2D eigenvalue weighted by molar-refractivity contribution is 0.354. The topological polar surface area (TPSA) is 43.5 Å². The van der Waals surface area contributed by atoms with Gasteiger partial charge in [0.1, 0.15) is 5.75 Å². The second-order valence-electron chi connectivity index (χ2n) is 6.88. The third kappa shape index (κ3) is 2.79. The summed E-state index contributed by atoms with van der Waals surface area (Å²) in [5.41, 5.74) is 5.21. The Bertz CT molecular complexity index is 929. The van der Waals surface area contributed by atoms with E-state index in [1.807, 2.05) is 12.1 Å². The molecule has 0 radical (unpaired) electrons. The molecule has 1 N–H and O–H groups in total. The first-order valence-electron chi connectivity index (χ1n) is 9.13. The summed E-state index contributed by atoms with van der Waals surface area (Å²) in [6, 6.07) is 12.5. The molecule has 3 aromatic rings. The van der Waals surface area contributed by atoms with Crippen molar-refractivity contribution in [3.05, 3.63) is 53.2 Å². The van der Waals surface area contributed by atoms with Gasteiger partial charge in [-0.3, -0.25) is 0 Å². The molecule has 0 fully saturated rings. The number of benzene rings is 2. The van der Waals surface area contributed by atoms with E-state index in [4.69, 9.17) is 14.2 Å². The van der Waals surface area contributed by atoms with Crippen molar-refractivity contribution >= 4 is 10.9 Å². The predicted octanol–water partition coefficient (Wildman–Crippen LogP) is 4.86. The Balaban J connectivity index is 1.70. The maximum Gasteiger partial charge on any atom is 0.160 e. The van der Waals surface area contributed by atoms with Gasteiger partial charge in [-0.15, -0.1) is 0 Å². The lowest BCUT2D eigenvalue weighted by Crippen LogP contribution is -2.11. The highest BCUT2D eigenvalue weighted by Crippen LogP contribution is 2.40. The van der Waals surface area contributed by atoms with Crippen molar-refractivity contribution < 1.29 is 14.2 Å². The number of aryl methyl sites for hydroxylation is 1. The fourth-order valence-electron chi connectivity index (χ4n) is 4.22. The summed E-state index contributed by atoms with van der Waals surface area (Å²) >= 11 is 0. The highest BCUT2D eigenvalue weighted by atomic mass is 16.5. The van der Waals surface area contributed by atoms with E-state index in [9.17, 15) is 0 Å². The summed E-state index contributed by atoms with van der Waals surface area (Å²) in [4.78, 5) is 3.68. The Labute approximate surface area is 154 Å². The number of para-hydroxylation sites is 1. The quantitative estimate of drug-likeness (QED) is 0.714. The molecule has 1 unspecified atom stereocenters. The van der Waals surface area contributed by atoms with Gasteiger partial charge in [0.25, 0.3) is 0 Å². The van der Waals surface area contributed by atoms with Crippen LogP contribution in [0.3, 0.4) is 0 Å². The SMILES string of the molecule is COc1ccc(CC2CCCc3c2[nH]c2c(OC)cccc32)cc1OC. The number of aromatic nitrogens is 1. The molecule has 1 atom stereocenters. The third-order valence-electron chi connectivity index (χ3n) is 5.47. The molecule has 26 heavy (non-hydrogen) atoms. The molecule has 1 aliphatic carbocycles. The molecule has 0 bridgehead atoms. The van der Waals surface area contributed by atoms with Crippen molar-refractivity contribution in [3.8, 4) is 17.2 Å². The van der Waals surface area contributed by atoms with Crippen LogP contribution in [0.25, 0.3) is 10.9 Å². The zero-order valence-electron chi connectivity index (χ0n) is 15.6. The highest BCUT2D eigenvalue weighted by Gasteiger charge is 2.25. The molecular formula is C22H25NO3. The minimum atomic E-state index is 0.481. The van der Waals surface area contributed by atoms with Gasteiger partial charge in [0.15, 0.2) is 11.5 Å². The minimum absolute atomic E-state index is 0.481. The van der Waals surface area contributed by atoms with Crippen LogP contribution in [-0.4, -0.2) is 26.3 Å². The van der Waals surface area contributed by atoms with E-state index in [0.29, 0.717) is 5.92 Å². The Morgan fingerprint density at radius 1 is 0.962 bits per heavy atom.